The van der Waals surface area contributed by atoms with Gasteiger partial charge in [-0.2, -0.15) is 0 Å². The van der Waals surface area contributed by atoms with Gasteiger partial charge in [0.1, 0.15) is 5.52 Å². The van der Waals surface area contributed by atoms with E-state index in [1.807, 2.05) is 54.6 Å². The van der Waals surface area contributed by atoms with Crippen LogP contribution in [0.5, 0.6) is 0 Å². The lowest BCUT2D eigenvalue weighted by Gasteiger charge is -2.00. The second-order valence-electron chi connectivity index (χ2n) is 4.69. The van der Waals surface area contributed by atoms with Crippen molar-refractivity contribution in [1.29, 1.82) is 0 Å². The molecule has 0 atom stereocenters. The van der Waals surface area contributed by atoms with Gasteiger partial charge in [-0.3, -0.25) is 0 Å². The summed E-state index contributed by atoms with van der Waals surface area (Å²) in [5.41, 5.74) is 3.67. The smallest absolute Gasteiger partial charge is 0.263 e. The van der Waals surface area contributed by atoms with Gasteiger partial charge < -0.3 is 8.83 Å². The lowest BCUT2D eigenvalue weighted by molar-refractivity contribution is 0.535. The Morgan fingerprint density at radius 1 is 0.905 bits per heavy atom. The lowest BCUT2D eigenvalue weighted by Crippen LogP contribution is -1.77. The number of hydrogen-bond donors (Lipinski definition) is 0. The zero-order valence-corrected chi connectivity index (χ0v) is 11.7. The number of hydrogen-bond acceptors (Lipinski definition) is 3. The molecule has 0 spiro atoms. The number of nitrogens with zero attached hydrogens (tertiary/aromatic N) is 1. The van der Waals surface area contributed by atoms with E-state index in [9.17, 15) is 0 Å². The maximum atomic E-state index is 5.92. The fourth-order valence-electron chi connectivity index (χ4n) is 2.25. The van der Waals surface area contributed by atoms with Crippen LogP contribution in [0.3, 0.4) is 0 Å². The molecule has 2 heterocycles. The molecule has 0 saturated carbocycles. The first-order valence-electron chi connectivity index (χ1n) is 6.50. The van der Waals surface area contributed by atoms with Crippen molar-refractivity contribution in [2.45, 2.75) is 0 Å². The minimum atomic E-state index is 0.489. The summed E-state index contributed by atoms with van der Waals surface area (Å²) in [6.45, 7) is 0. The van der Waals surface area contributed by atoms with Gasteiger partial charge in [-0.05, 0) is 47.5 Å². The molecule has 4 aromatic rings. The molecule has 4 rings (SSSR count). The van der Waals surface area contributed by atoms with Gasteiger partial charge in [-0.15, -0.1) is 0 Å². The van der Waals surface area contributed by atoms with Crippen LogP contribution in [0.2, 0.25) is 5.02 Å². The quantitative estimate of drug-likeness (QED) is 0.496. The van der Waals surface area contributed by atoms with Crippen LogP contribution >= 0.6 is 11.6 Å². The Morgan fingerprint density at radius 3 is 2.48 bits per heavy atom. The molecule has 0 aliphatic heterocycles. The molecule has 4 heteroatoms. The fourth-order valence-corrected chi connectivity index (χ4v) is 2.38. The van der Waals surface area contributed by atoms with Crippen LogP contribution in [0.25, 0.3) is 33.9 Å². The van der Waals surface area contributed by atoms with Crippen molar-refractivity contribution in [2.24, 2.45) is 0 Å². The highest BCUT2D eigenvalue weighted by Gasteiger charge is 2.11. The van der Waals surface area contributed by atoms with E-state index in [2.05, 4.69) is 4.98 Å². The minimum absolute atomic E-state index is 0.489. The summed E-state index contributed by atoms with van der Waals surface area (Å²) in [5, 5.41) is 0.722. The van der Waals surface area contributed by atoms with Crippen LogP contribution in [-0.4, -0.2) is 4.98 Å². The standard InChI is InChI=1S/C17H10ClNO2/c18-13-6-3-11(4-7-13)12-5-8-14-16(10-12)21-17(19-14)15-2-1-9-20-15/h1-10H. The molecule has 0 saturated heterocycles. The molecule has 3 nitrogen and oxygen atoms in total. The van der Waals surface area contributed by atoms with Gasteiger partial charge in [0.25, 0.3) is 5.89 Å². The van der Waals surface area contributed by atoms with Gasteiger partial charge in [-0.25, -0.2) is 4.98 Å². The van der Waals surface area contributed by atoms with Crippen LogP contribution in [0.4, 0.5) is 0 Å². The molecule has 0 amide bonds. The van der Waals surface area contributed by atoms with E-state index in [1.54, 1.807) is 6.26 Å². The fraction of sp³-hybridized carbons (Fsp3) is 0. The normalized spacial score (nSPS) is 11.1. The van der Waals surface area contributed by atoms with Crippen molar-refractivity contribution in [3.63, 3.8) is 0 Å². The van der Waals surface area contributed by atoms with Gasteiger partial charge in [0, 0.05) is 5.02 Å². The van der Waals surface area contributed by atoms with E-state index in [0.29, 0.717) is 11.7 Å². The first kappa shape index (κ1) is 12.2. The molecule has 0 bridgehead atoms. The Kier molecular flexibility index (Phi) is 2.79. The molecule has 0 N–H and O–H groups in total. The van der Waals surface area contributed by atoms with E-state index in [4.69, 9.17) is 20.4 Å². The average Bonchev–Trinajstić information content (AvgIpc) is 3.16. The molecule has 0 aliphatic rings. The second kappa shape index (κ2) is 4.79. The van der Waals surface area contributed by atoms with Crippen molar-refractivity contribution in [3.8, 4) is 22.8 Å². The van der Waals surface area contributed by atoms with E-state index in [1.165, 1.54) is 0 Å². The zero-order chi connectivity index (χ0) is 14.2. The van der Waals surface area contributed by atoms with Gasteiger partial charge in [0.05, 0.1) is 6.26 Å². The molecule has 0 aliphatic carbocycles. The summed E-state index contributed by atoms with van der Waals surface area (Å²) >= 11 is 5.92. The predicted molar refractivity (Wildman–Crippen MR) is 82.2 cm³/mol. The lowest BCUT2D eigenvalue weighted by atomic mass is 10.1. The third kappa shape index (κ3) is 2.22. The highest BCUT2D eigenvalue weighted by Crippen LogP contribution is 2.29. The van der Waals surface area contributed by atoms with E-state index < -0.39 is 0 Å². The summed E-state index contributed by atoms with van der Waals surface area (Å²) in [6, 6.07) is 17.3. The molecule has 0 radical (unpaired) electrons. The summed E-state index contributed by atoms with van der Waals surface area (Å²) in [5.74, 6) is 1.11. The van der Waals surface area contributed by atoms with Crippen molar-refractivity contribution in [3.05, 3.63) is 65.9 Å². The number of fused-ring (bicyclic) bond motifs is 1. The molecule has 2 aromatic carbocycles. The number of oxazole rings is 1. The highest BCUT2D eigenvalue weighted by atomic mass is 35.5. The minimum Gasteiger partial charge on any atom is -0.459 e. The van der Waals surface area contributed by atoms with Crippen LogP contribution < -0.4 is 0 Å². The van der Waals surface area contributed by atoms with Crippen molar-refractivity contribution < 1.29 is 8.83 Å². The maximum absolute atomic E-state index is 5.92. The van der Waals surface area contributed by atoms with Crippen LogP contribution in [-0.2, 0) is 0 Å². The molecule has 21 heavy (non-hydrogen) atoms. The first-order chi connectivity index (χ1) is 10.3. The third-order valence-electron chi connectivity index (χ3n) is 3.30. The molecule has 0 unspecified atom stereocenters. The number of furan rings is 1. The summed E-state index contributed by atoms with van der Waals surface area (Å²) in [7, 11) is 0. The molecule has 0 fully saturated rings. The van der Waals surface area contributed by atoms with Crippen molar-refractivity contribution in [1.82, 2.24) is 4.98 Å². The Hall–Kier alpha value is -2.52. The summed E-state index contributed by atoms with van der Waals surface area (Å²) in [6.07, 6.45) is 1.60. The third-order valence-corrected chi connectivity index (χ3v) is 3.55. The van der Waals surface area contributed by atoms with Gasteiger partial charge in [-0.1, -0.05) is 29.8 Å². The average molecular weight is 296 g/mol. The molecule has 102 valence electrons. The van der Waals surface area contributed by atoms with Crippen molar-refractivity contribution >= 4 is 22.7 Å². The predicted octanol–water partition coefficient (Wildman–Crippen LogP) is 5.41. The Bertz CT molecular complexity index is 892. The van der Waals surface area contributed by atoms with Crippen LogP contribution in [0.1, 0.15) is 0 Å². The molecular weight excluding hydrogens is 286 g/mol. The van der Waals surface area contributed by atoms with E-state index in [0.717, 1.165) is 27.2 Å². The molecule has 2 aromatic heterocycles. The van der Waals surface area contributed by atoms with E-state index >= 15 is 0 Å². The topological polar surface area (TPSA) is 39.2 Å². The van der Waals surface area contributed by atoms with E-state index in [-0.39, 0.29) is 0 Å². The Labute approximate surface area is 125 Å². The second-order valence-corrected chi connectivity index (χ2v) is 5.12. The first-order valence-corrected chi connectivity index (χ1v) is 6.88. The van der Waals surface area contributed by atoms with Crippen LogP contribution in [0, 0.1) is 0 Å². The summed E-state index contributed by atoms with van der Waals surface area (Å²) in [4.78, 5) is 4.42. The number of rotatable bonds is 2. The zero-order valence-electron chi connectivity index (χ0n) is 10.9. The van der Waals surface area contributed by atoms with Crippen molar-refractivity contribution in [2.75, 3.05) is 0 Å². The van der Waals surface area contributed by atoms with Gasteiger partial charge in [0.2, 0.25) is 0 Å². The van der Waals surface area contributed by atoms with Crippen LogP contribution in [0.15, 0.2) is 69.7 Å². The molecular formula is C17H10ClNO2. The van der Waals surface area contributed by atoms with Gasteiger partial charge >= 0.3 is 0 Å². The number of halogens is 1. The Morgan fingerprint density at radius 2 is 1.71 bits per heavy atom. The summed E-state index contributed by atoms with van der Waals surface area (Å²) < 4.78 is 11.1. The number of benzene rings is 2. The highest BCUT2D eigenvalue weighted by molar-refractivity contribution is 6.30. The SMILES string of the molecule is Clc1ccc(-c2ccc3nc(-c4ccco4)oc3c2)cc1. The Balaban J connectivity index is 1.81. The monoisotopic (exact) mass is 295 g/mol. The largest absolute Gasteiger partial charge is 0.459 e. The van der Waals surface area contributed by atoms with Gasteiger partial charge in [0.15, 0.2) is 11.3 Å². The maximum Gasteiger partial charge on any atom is 0.263 e. The number of aromatic nitrogens is 1.